The van der Waals surface area contributed by atoms with Gasteiger partial charge in [0.2, 0.25) is 10.0 Å². The summed E-state index contributed by atoms with van der Waals surface area (Å²) in [5.41, 5.74) is -0.620. The summed E-state index contributed by atoms with van der Waals surface area (Å²) in [5.74, 6) is -1.93. The molecule has 9 nitrogen and oxygen atoms in total. The Morgan fingerprint density at radius 2 is 2.03 bits per heavy atom. The summed E-state index contributed by atoms with van der Waals surface area (Å²) < 4.78 is 49.8. The van der Waals surface area contributed by atoms with Crippen molar-refractivity contribution in [1.82, 2.24) is 19.8 Å². The summed E-state index contributed by atoms with van der Waals surface area (Å²) in [5, 5.41) is 6.78. The van der Waals surface area contributed by atoms with Gasteiger partial charge in [0.25, 0.3) is 11.8 Å². The van der Waals surface area contributed by atoms with Crippen LogP contribution in [0.15, 0.2) is 36.0 Å². The average Bonchev–Trinajstić information content (AvgIpc) is 3.57. The average molecular weight is 545 g/mol. The monoisotopic (exact) mass is 544 g/mol. The molecule has 2 heterocycles. The molecular formula is C27H33FN4O5S. The molecule has 2 aromatic rings. The number of nitrogens with one attached hydrogen (secondary N) is 2. The van der Waals surface area contributed by atoms with E-state index < -0.39 is 38.4 Å². The first-order valence-electron chi connectivity index (χ1n) is 13.2. The first-order chi connectivity index (χ1) is 18.1. The molecule has 3 aliphatic rings. The molecule has 0 unspecified atom stereocenters. The van der Waals surface area contributed by atoms with Crippen LogP contribution in [0, 0.1) is 5.82 Å². The van der Waals surface area contributed by atoms with Crippen molar-refractivity contribution in [3.63, 3.8) is 0 Å². The molecule has 2 N–H and O–H groups in total. The van der Waals surface area contributed by atoms with Crippen LogP contribution >= 0.6 is 0 Å². The highest BCUT2D eigenvalue weighted by atomic mass is 32.2. The number of rotatable bonds is 10. The first kappa shape index (κ1) is 26.4. The number of benzene rings is 1. The maximum Gasteiger partial charge on any atom is 0.270 e. The molecule has 0 saturated heterocycles. The summed E-state index contributed by atoms with van der Waals surface area (Å²) in [4.78, 5) is 26.6. The fourth-order valence-corrected chi connectivity index (χ4v) is 6.20. The number of amides is 2. The highest BCUT2D eigenvalue weighted by Gasteiger charge is 2.44. The molecule has 1 aliphatic heterocycles. The van der Waals surface area contributed by atoms with Crippen molar-refractivity contribution in [2.75, 3.05) is 6.61 Å². The highest BCUT2D eigenvalue weighted by Crippen LogP contribution is 2.40. The van der Waals surface area contributed by atoms with Crippen LogP contribution in [-0.4, -0.2) is 41.9 Å². The molecule has 0 bridgehead atoms. The number of nitrogens with zero attached hydrogens (tertiary/aromatic N) is 2. The Kier molecular flexibility index (Phi) is 7.06. The summed E-state index contributed by atoms with van der Waals surface area (Å²) in [7, 11) is -3.88. The summed E-state index contributed by atoms with van der Waals surface area (Å²) >= 11 is 0. The summed E-state index contributed by atoms with van der Waals surface area (Å²) in [6.07, 6.45) is 7.67. The molecule has 2 amide bonds. The minimum absolute atomic E-state index is 0.0413. The number of carbonyl (C=O) groups excluding carboxylic acids is 2. The molecule has 2 fully saturated rings. The van der Waals surface area contributed by atoms with E-state index in [1.54, 1.807) is 31.3 Å². The molecule has 1 aromatic heterocycles. The third-order valence-electron chi connectivity index (χ3n) is 7.54. The number of ether oxygens (including phenoxy) is 1. The zero-order valence-electron chi connectivity index (χ0n) is 21.6. The van der Waals surface area contributed by atoms with Crippen LogP contribution in [0.5, 0.6) is 5.75 Å². The number of halogens is 1. The lowest BCUT2D eigenvalue weighted by molar-refractivity contribution is -0.124. The van der Waals surface area contributed by atoms with Crippen LogP contribution in [0.4, 0.5) is 4.39 Å². The summed E-state index contributed by atoms with van der Waals surface area (Å²) in [6.45, 7) is 4.19. The number of sulfonamides is 1. The zero-order valence-corrected chi connectivity index (χ0v) is 22.4. The first-order valence-corrected chi connectivity index (χ1v) is 14.8. The molecule has 0 spiro atoms. The second-order valence-corrected chi connectivity index (χ2v) is 12.6. The van der Waals surface area contributed by atoms with Crippen molar-refractivity contribution in [2.45, 2.75) is 82.0 Å². The second-order valence-electron chi connectivity index (χ2n) is 10.6. The quantitative estimate of drug-likeness (QED) is 0.348. The van der Waals surface area contributed by atoms with Crippen molar-refractivity contribution >= 4 is 27.4 Å². The molecule has 38 heavy (non-hydrogen) atoms. The van der Waals surface area contributed by atoms with Gasteiger partial charge in [0.15, 0.2) is 0 Å². The van der Waals surface area contributed by atoms with Crippen molar-refractivity contribution < 1.29 is 27.1 Å². The summed E-state index contributed by atoms with van der Waals surface area (Å²) in [6, 6.07) is 6.49. The Bertz CT molecular complexity index is 1390. The molecule has 5 rings (SSSR count). The standard InChI is InChI=1S/C27H33FN4O5S/c1-3-4-14-37-18-8-11-21(22(28)15-18)27(2)16-20(23-12-13-32(30-23)17-6-5-7-17)24(25(33)29-27)26(34)31-38(35,36)19-9-10-19/h8,11-13,15,17,19H,3-7,9-10,14,16H2,1-2H3,(H,29,33)(H,31,34)/t27-/m0/s1. The predicted molar refractivity (Wildman–Crippen MR) is 139 cm³/mol. The Morgan fingerprint density at radius 3 is 2.66 bits per heavy atom. The van der Waals surface area contributed by atoms with E-state index in [0.29, 0.717) is 30.9 Å². The van der Waals surface area contributed by atoms with E-state index in [4.69, 9.17) is 4.74 Å². The molecule has 11 heteroatoms. The number of aromatic nitrogens is 2. The van der Waals surface area contributed by atoms with Gasteiger partial charge in [0, 0.05) is 29.8 Å². The Balaban J connectivity index is 1.50. The van der Waals surface area contributed by atoms with Crippen molar-refractivity contribution in [2.24, 2.45) is 0 Å². The lowest BCUT2D eigenvalue weighted by Crippen LogP contribution is -2.51. The van der Waals surface area contributed by atoms with E-state index in [-0.39, 0.29) is 29.2 Å². The molecule has 2 saturated carbocycles. The van der Waals surface area contributed by atoms with Gasteiger partial charge in [-0.3, -0.25) is 14.3 Å². The third kappa shape index (κ3) is 5.21. The third-order valence-corrected chi connectivity index (χ3v) is 9.36. The number of carbonyl (C=O) groups is 2. The predicted octanol–water partition coefficient (Wildman–Crippen LogP) is 3.72. The van der Waals surface area contributed by atoms with Crippen molar-refractivity contribution in [3.8, 4) is 5.75 Å². The van der Waals surface area contributed by atoms with Gasteiger partial charge in [-0.25, -0.2) is 17.5 Å². The number of hydrogen-bond acceptors (Lipinski definition) is 6. The molecule has 0 radical (unpaired) electrons. The Labute approximate surface area is 221 Å². The van der Waals surface area contributed by atoms with Gasteiger partial charge in [-0.1, -0.05) is 19.4 Å². The Morgan fingerprint density at radius 1 is 1.26 bits per heavy atom. The van der Waals surface area contributed by atoms with Crippen LogP contribution in [0.1, 0.15) is 82.5 Å². The topological polar surface area (TPSA) is 119 Å². The van der Waals surface area contributed by atoms with Crippen LogP contribution < -0.4 is 14.8 Å². The van der Waals surface area contributed by atoms with E-state index in [1.165, 1.54) is 6.07 Å². The van der Waals surface area contributed by atoms with Gasteiger partial charge in [0.05, 0.1) is 29.1 Å². The van der Waals surface area contributed by atoms with E-state index in [1.807, 2.05) is 11.6 Å². The molecule has 204 valence electrons. The van der Waals surface area contributed by atoms with Crippen LogP contribution in [0.25, 0.3) is 5.57 Å². The van der Waals surface area contributed by atoms with E-state index in [9.17, 15) is 18.0 Å². The maximum absolute atomic E-state index is 15.4. The van der Waals surface area contributed by atoms with Gasteiger partial charge in [0.1, 0.15) is 17.1 Å². The Hall–Kier alpha value is -3.21. The van der Waals surface area contributed by atoms with Crippen LogP contribution in [-0.2, 0) is 25.2 Å². The SMILES string of the molecule is CCCCOc1ccc([C@]2(C)CC(c3ccn(C4CCC4)n3)=C(C(=O)NS(=O)(=O)C3CC3)C(=O)N2)c(F)c1. The van der Waals surface area contributed by atoms with E-state index >= 15 is 4.39 Å². The smallest absolute Gasteiger partial charge is 0.270 e. The fourth-order valence-electron chi connectivity index (χ4n) is 4.92. The normalized spacial score (nSPS) is 22.1. The van der Waals surface area contributed by atoms with Crippen LogP contribution in [0.2, 0.25) is 0 Å². The maximum atomic E-state index is 15.4. The largest absolute Gasteiger partial charge is 0.493 e. The lowest BCUT2D eigenvalue weighted by Gasteiger charge is -2.37. The molecule has 2 aliphatic carbocycles. The van der Waals surface area contributed by atoms with Gasteiger partial charge >= 0.3 is 0 Å². The van der Waals surface area contributed by atoms with Crippen molar-refractivity contribution in [3.05, 3.63) is 53.1 Å². The minimum atomic E-state index is -3.88. The molecule has 1 aromatic carbocycles. The van der Waals surface area contributed by atoms with E-state index in [2.05, 4.69) is 15.1 Å². The second kappa shape index (κ2) is 10.2. The van der Waals surface area contributed by atoms with Crippen molar-refractivity contribution in [1.29, 1.82) is 0 Å². The van der Waals surface area contributed by atoms with E-state index in [0.717, 1.165) is 32.1 Å². The van der Waals surface area contributed by atoms with Crippen LogP contribution in [0.3, 0.4) is 0 Å². The zero-order chi connectivity index (χ0) is 27.1. The lowest BCUT2D eigenvalue weighted by atomic mass is 9.79. The molecule has 1 atom stereocenters. The van der Waals surface area contributed by atoms with Gasteiger partial charge in [-0.2, -0.15) is 5.10 Å². The van der Waals surface area contributed by atoms with Gasteiger partial charge in [-0.05, 0) is 57.6 Å². The van der Waals surface area contributed by atoms with Gasteiger partial charge in [-0.15, -0.1) is 0 Å². The molecular weight excluding hydrogens is 511 g/mol. The fraction of sp³-hybridized carbons (Fsp3) is 0.519. The number of hydrogen-bond donors (Lipinski definition) is 2. The highest BCUT2D eigenvalue weighted by molar-refractivity contribution is 7.91. The minimum Gasteiger partial charge on any atom is -0.493 e. The number of unbranched alkanes of at least 4 members (excludes halogenated alkanes) is 1. The van der Waals surface area contributed by atoms with Gasteiger partial charge < -0.3 is 10.1 Å².